The molecule has 0 saturated carbocycles. The first-order chi connectivity index (χ1) is 9.95. The number of nitrogens with zero attached hydrogens (tertiary/aromatic N) is 1. The number of rotatable bonds is 5. The van der Waals surface area contributed by atoms with Crippen LogP contribution in [-0.4, -0.2) is 30.4 Å². The molecule has 0 bridgehead atoms. The van der Waals surface area contributed by atoms with E-state index in [0.717, 1.165) is 31.5 Å². The quantitative estimate of drug-likeness (QED) is 0.821. The lowest BCUT2D eigenvalue weighted by Crippen LogP contribution is -2.26. The minimum atomic E-state index is -0.0167. The van der Waals surface area contributed by atoms with Crippen LogP contribution in [0.4, 0.5) is 11.4 Å². The highest BCUT2D eigenvalue weighted by molar-refractivity contribution is 6.31. The molecule has 1 aliphatic heterocycles. The van der Waals surface area contributed by atoms with Crippen LogP contribution in [-0.2, 0) is 4.79 Å². The first-order valence-electron chi connectivity index (χ1n) is 7.53. The predicted molar refractivity (Wildman–Crippen MR) is 88.5 cm³/mol. The number of nitrogens with two attached hydrogens (primary N) is 1. The van der Waals surface area contributed by atoms with Gasteiger partial charge >= 0.3 is 0 Å². The molecule has 1 fully saturated rings. The standard InChI is InChI=1S/C16H24ClN3O/c1-11(2)12-5-7-20(10-12)8-6-16(21)19-15-9-13(17)3-4-14(15)18/h3-4,9,11-12H,5-8,10,18H2,1-2H3,(H,19,21). The van der Waals surface area contributed by atoms with Gasteiger partial charge in [-0.2, -0.15) is 0 Å². The molecule has 1 aliphatic rings. The van der Waals surface area contributed by atoms with Crippen molar-refractivity contribution in [2.45, 2.75) is 26.7 Å². The van der Waals surface area contributed by atoms with Crippen molar-refractivity contribution in [2.24, 2.45) is 11.8 Å². The summed E-state index contributed by atoms with van der Waals surface area (Å²) < 4.78 is 0. The third-order valence-corrected chi connectivity index (χ3v) is 4.43. The number of nitrogen functional groups attached to an aromatic ring is 1. The molecule has 0 radical (unpaired) electrons. The maximum atomic E-state index is 12.0. The van der Waals surface area contributed by atoms with Gasteiger partial charge in [-0.15, -0.1) is 0 Å². The molecule has 2 rings (SSSR count). The molecule has 1 aromatic rings. The Morgan fingerprint density at radius 1 is 1.52 bits per heavy atom. The summed E-state index contributed by atoms with van der Waals surface area (Å²) in [6.45, 7) is 7.53. The fraction of sp³-hybridized carbons (Fsp3) is 0.562. The zero-order valence-electron chi connectivity index (χ0n) is 12.7. The summed E-state index contributed by atoms with van der Waals surface area (Å²) >= 11 is 5.91. The number of amides is 1. The van der Waals surface area contributed by atoms with Gasteiger partial charge in [0.15, 0.2) is 0 Å². The molecule has 21 heavy (non-hydrogen) atoms. The number of hydrogen-bond donors (Lipinski definition) is 2. The third-order valence-electron chi connectivity index (χ3n) is 4.20. The fourth-order valence-electron chi connectivity index (χ4n) is 2.72. The van der Waals surface area contributed by atoms with Crippen LogP contribution in [0.5, 0.6) is 0 Å². The van der Waals surface area contributed by atoms with E-state index in [4.69, 9.17) is 17.3 Å². The number of hydrogen-bond acceptors (Lipinski definition) is 3. The van der Waals surface area contributed by atoms with Gasteiger partial charge in [-0.3, -0.25) is 4.79 Å². The van der Waals surface area contributed by atoms with Gasteiger partial charge in [-0.1, -0.05) is 25.4 Å². The number of benzene rings is 1. The number of halogens is 1. The van der Waals surface area contributed by atoms with E-state index in [-0.39, 0.29) is 5.91 Å². The fourth-order valence-corrected chi connectivity index (χ4v) is 2.89. The zero-order valence-corrected chi connectivity index (χ0v) is 13.5. The molecule has 1 aromatic carbocycles. The summed E-state index contributed by atoms with van der Waals surface area (Å²) in [6, 6.07) is 5.09. The Bertz CT molecular complexity index is 504. The predicted octanol–water partition coefficient (Wildman–Crippen LogP) is 3.23. The second kappa shape index (κ2) is 7.14. The lowest BCUT2D eigenvalue weighted by Gasteiger charge is -2.17. The van der Waals surface area contributed by atoms with E-state index < -0.39 is 0 Å². The number of nitrogens with one attached hydrogen (secondary N) is 1. The Hall–Kier alpha value is -1.26. The molecule has 5 heteroatoms. The number of likely N-dealkylation sites (tertiary alicyclic amines) is 1. The van der Waals surface area contributed by atoms with Crippen LogP contribution in [0.1, 0.15) is 26.7 Å². The summed E-state index contributed by atoms with van der Waals surface area (Å²) in [7, 11) is 0. The van der Waals surface area contributed by atoms with Crippen molar-refractivity contribution in [2.75, 3.05) is 30.7 Å². The summed E-state index contributed by atoms with van der Waals surface area (Å²) in [6.07, 6.45) is 1.72. The zero-order chi connectivity index (χ0) is 15.4. The minimum Gasteiger partial charge on any atom is -0.397 e. The van der Waals surface area contributed by atoms with E-state index in [0.29, 0.717) is 22.8 Å². The summed E-state index contributed by atoms with van der Waals surface area (Å²) in [5.74, 6) is 1.46. The number of anilines is 2. The monoisotopic (exact) mass is 309 g/mol. The van der Waals surface area contributed by atoms with Crippen LogP contribution in [0.15, 0.2) is 18.2 Å². The van der Waals surface area contributed by atoms with Gasteiger partial charge in [0.05, 0.1) is 11.4 Å². The van der Waals surface area contributed by atoms with Crippen molar-refractivity contribution >= 4 is 28.9 Å². The van der Waals surface area contributed by atoms with Crippen molar-refractivity contribution in [3.05, 3.63) is 23.2 Å². The van der Waals surface area contributed by atoms with Crippen LogP contribution in [0.3, 0.4) is 0 Å². The lowest BCUT2D eigenvalue weighted by molar-refractivity contribution is -0.116. The van der Waals surface area contributed by atoms with Crippen LogP contribution in [0.2, 0.25) is 5.02 Å². The average Bonchev–Trinajstić information content (AvgIpc) is 2.90. The minimum absolute atomic E-state index is 0.0167. The van der Waals surface area contributed by atoms with E-state index in [9.17, 15) is 4.79 Å². The third kappa shape index (κ3) is 4.61. The highest BCUT2D eigenvalue weighted by atomic mass is 35.5. The molecule has 1 saturated heterocycles. The molecule has 1 heterocycles. The number of carbonyl (C=O) groups excluding carboxylic acids is 1. The largest absolute Gasteiger partial charge is 0.397 e. The van der Waals surface area contributed by atoms with Crippen molar-refractivity contribution in [1.29, 1.82) is 0 Å². The SMILES string of the molecule is CC(C)C1CCN(CCC(=O)Nc2cc(Cl)ccc2N)C1. The average molecular weight is 310 g/mol. The normalized spacial score (nSPS) is 19.1. The van der Waals surface area contributed by atoms with E-state index in [2.05, 4.69) is 24.1 Å². The van der Waals surface area contributed by atoms with Crippen LogP contribution < -0.4 is 11.1 Å². The Labute approximate surface area is 131 Å². The van der Waals surface area contributed by atoms with Gasteiger partial charge in [0.1, 0.15) is 0 Å². The van der Waals surface area contributed by atoms with Crippen molar-refractivity contribution in [3.8, 4) is 0 Å². The van der Waals surface area contributed by atoms with E-state index in [1.54, 1.807) is 18.2 Å². The Morgan fingerprint density at radius 3 is 2.95 bits per heavy atom. The molecule has 1 amide bonds. The van der Waals surface area contributed by atoms with Crippen LogP contribution in [0.25, 0.3) is 0 Å². The highest BCUT2D eigenvalue weighted by Crippen LogP contribution is 2.24. The molecule has 3 N–H and O–H groups in total. The lowest BCUT2D eigenvalue weighted by atomic mass is 9.95. The second-order valence-electron chi connectivity index (χ2n) is 6.12. The van der Waals surface area contributed by atoms with Gasteiger partial charge in [0.2, 0.25) is 5.91 Å². The summed E-state index contributed by atoms with van der Waals surface area (Å²) in [4.78, 5) is 14.4. The maximum absolute atomic E-state index is 12.0. The Morgan fingerprint density at radius 2 is 2.29 bits per heavy atom. The van der Waals surface area contributed by atoms with Crippen molar-refractivity contribution in [3.63, 3.8) is 0 Å². The second-order valence-corrected chi connectivity index (χ2v) is 6.56. The molecular weight excluding hydrogens is 286 g/mol. The Balaban J connectivity index is 1.79. The van der Waals surface area contributed by atoms with E-state index in [1.165, 1.54) is 6.42 Å². The van der Waals surface area contributed by atoms with E-state index in [1.807, 2.05) is 0 Å². The Kier molecular flexibility index (Phi) is 5.48. The van der Waals surface area contributed by atoms with Gasteiger partial charge in [0.25, 0.3) is 0 Å². The molecular formula is C16H24ClN3O. The van der Waals surface area contributed by atoms with Crippen LogP contribution >= 0.6 is 11.6 Å². The molecule has 0 spiro atoms. The molecule has 4 nitrogen and oxygen atoms in total. The van der Waals surface area contributed by atoms with Crippen LogP contribution in [0, 0.1) is 11.8 Å². The van der Waals surface area contributed by atoms with Gasteiger partial charge < -0.3 is 16.0 Å². The molecule has 0 aromatic heterocycles. The first kappa shape index (κ1) is 16.1. The van der Waals surface area contributed by atoms with Gasteiger partial charge in [0, 0.05) is 24.5 Å². The smallest absolute Gasteiger partial charge is 0.225 e. The van der Waals surface area contributed by atoms with Crippen molar-refractivity contribution < 1.29 is 4.79 Å². The van der Waals surface area contributed by atoms with E-state index >= 15 is 0 Å². The van der Waals surface area contributed by atoms with Gasteiger partial charge in [-0.05, 0) is 43.0 Å². The molecule has 0 aliphatic carbocycles. The summed E-state index contributed by atoms with van der Waals surface area (Å²) in [5, 5.41) is 3.40. The molecule has 1 atom stereocenters. The number of carbonyl (C=O) groups is 1. The molecule has 1 unspecified atom stereocenters. The maximum Gasteiger partial charge on any atom is 0.225 e. The van der Waals surface area contributed by atoms with Gasteiger partial charge in [-0.25, -0.2) is 0 Å². The summed E-state index contributed by atoms with van der Waals surface area (Å²) in [5.41, 5.74) is 6.95. The van der Waals surface area contributed by atoms with Crippen molar-refractivity contribution in [1.82, 2.24) is 4.90 Å². The topological polar surface area (TPSA) is 58.4 Å². The first-order valence-corrected chi connectivity index (χ1v) is 7.90. The highest BCUT2D eigenvalue weighted by Gasteiger charge is 2.24. The molecule has 116 valence electrons.